The van der Waals surface area contributed by atoms with Gasteiger partial charge in [-0.25, -0.2) is 0 Å². The first-order valence-electron chi connectivity index (χ1n) is 6.30. The van der Waals surface area contributed by atoms with Crippen LogP contribution in [0, 0.1) is 0 Å². The first-order chi connectivity index (χ1) is 9.56. The van der Waals surface area contributed by atoms with Crippen LogP contribution in [0.15, 0.2) is 33.7 Å². The fourth-order valence-electron chi connectivity index (χ4n) is 1.76. The minimum Gasteiger partial charge on any atom is -0.322 e. The predicted molar refractivity (Wildman–Crippen MR) is 88.1 cm³/mol. The number of carbonyl (C=O) groups excluding carboxylic acids is 1. The van der Waals surface area contributed by atoms with E-state index in [9.17, 15) is 4.79 Å². The number of rotatable bonds is 4. The van der Waals surface area contributed by atoms with E-state index in [0.29, 0.717) is 6.54 Å². The molecular formula is C14H17BrN3OS+. The van der Waals surface area contributed by atoms with Gasteiger partial charge in [0.25, 0.3) is 11.5 Å². The average Bonchev–Trinajstić information content (AvgIpc) is 2.84. The molecule has 4 nitrogen and oxygen atoms in total. The zero-order chi connectivity index (χ0) is 14.5. The van der Waals surface area contributed by atoms with Crippen LogP contribution in [0.3, 0.4) is 0 Å². The first kappa shape index (κ1) is 15.3. The van der Waals surface area contributed by atoms with Crippen molar-refractivity contribution in [3.63, 3.8) is 0 Å². The molecule has 0 aliphatic carbocycles. The average molecular weight is 355 g/mol. The second-order valence-electron chi connectivity index (χ2n) is 4.69. The lowest BCUT2D eigenvalue weighted by Gasteiger charge is -2.13. The Kier molecular flexibility index (Phi) is 5.37. The largest absolute Gasteiger partial charge is 0.322 e. The molecule has 0 bridgehead atoms. The molecule has 0 radical (unpaired) electrons. The highest BCUT2D eigenvalue weighted by atomic mass is 79.9. The van der Waals surface area contributed by atoms with E-state index in [4.69, 9.17) is 0 Å². The molecular weight excluding hydrogens is 338 g/mol. The minimum absolute atomic E-state index is 0.123. The molecule has 0 atom stereocenters. The number of Topliss-reactive ketones (excluding diaryl/α,β-unsaturated/α-hetero) is 1. The van der Waals surface area contributed by atoms with Gasteiger partial charge in [0.2, 0.25) is 0 Å². The van der Waals surface area contributed by atoms with Gasteiger partial charge in [0.1, 0.15) is 0 Å². The van der Waals surface area contributed by atoms with E-state index in [1.54, 1.807) is 18.1 Å². The molecule has 0 N–H and O–H groups in total. The molecule has 1 aliphatic rings. The van der Waals surface area contributed by atoms with Gasteiger partial charge in [0.05, 0.1) is 20.6 Å². The van der Waals surface area contributed by atoms with Crippen molar-refractivity contribution in [2.75, 3.05) is 32.9 Å². The molecule has 106 valence electrons. The number of halogens is 1. The van der Waals surface area contributed by atoms with Crippen molar-refractivity contribution in [2.45, 2.75) is 0 Å². The molecule has 0 unspecified atom stereocenters. The van der Waals surface area contributed by atoms with Crippen LogP contribution in [-0.2, 0) is 0 Å². The molecule has 1 heterocycles. The summed E-state index contributed by atoms with van der Waals surface area (Å²) in [5.41, 5.74) is 0.737. The molecule has 6 heteroatoms. The highest BCUT2D eigenvalue weighted by Gasteiger charge is 2.25. The Morgan fingerprint density at radius 3 is 2.80 bits per heavy atom. The Morgan fingerprint density at radius 2 is 2.15 bits per heavy atom. The molecule has 0 amide bonds. The van der Waals surface area contributed by atoms with Crippen molar-refractivity contribution in [3.05, 3.63) is 34.3 Å². The van der Waals surface area contributed by atoms with Gasteiger partial charge in [-0.3, -0.25) is 9.37 Å². The van der Waals surface area contributed by atoms with E-state index in [1.807, 2.05) is 47.8 Å². The number of nitrogens with zero attached hydrogens (tertiary/aromatic N) is 3. The van der Waals surface area contributed by atoms with Gasteiger partial charge in [-0.1, -0.05) is 39.8 Å². The quantitative estimate of drug-likeness (QED) is 0.360. The SMILES string of the molecule is C[N+](C)=CN=C1SCCN1CC(=O)c1ccc(Br)cc1. The van der Waals surface area contributed by atoms with Crippen LogP contribution in [0.4, 0.5) is 0 Å². The number of thioether (sulfide) groups is 1. The monoisotopic (exact) mass is 354 g/mol. The number of carbonyl (C=O) groups is 1. The van der Waals surface area contributed by atoms with Gasteiger partial charge in [0.15, 0.2) is 5.78 Å². The van der Waals surface area contributed by atoms with Crippen LogP contribution < -0.4 is 0 Å². The second kappa shape index (κ2) is 7.04. The zero-order valence-electron chi connectivity index (χ0n) is 11.5. The van der Waals surface area contributed by atoms with E-state index in [1.165, 1.54) is 0 Å². The number of hydrogen-bond donors (Lipinski definition) is 0. The lowest BCUT2D eigenvalue weighted by molar-refractivity contribution is -0.460. The summed E-state index contributed by atoms with van der Waals surface area (Å²) in [5, 5.41) is 0.921. The van der Waals surface area contributed by atoms with Gasteiger partial charge in [-0.15, -0.1) is 0 Å². The van der Waals surface area contributed by atoms with Crippen LogP contribution in [0.25, 0.3) is 0 Å². The number of aliphatic imine (C=N–C) groups is 1. The van der Waals surface area contributed by atoms with E-state index in [2.05, 4.69) is 20.9 Å². The van der Waals surface area contributed by atoms with E-state index < -0.39 is 0 Å². The van der Waals surface area contributed by atoms with Crippen molar-refractivity contribution < 1.29 is 9.37 Å². The van der Waals surface area contributed by atoms with E-state index >= 15 is 0 Å². The summed E-state index contributed by atoms with van der Waals surface area (Å²) in [7, 11) is 3.86. The molecule has 0 spiro atoms. The van der Waals surface area contributed by atoms with Crippen LogP contribution in [0.2, 0.25) is 0 Å². The maximum Gasteiger partial charge on any atom is 0.284 e. The maximum absolute atomic E-state index is 12.3. The van der Waals surface area contributed by atoms with Crippen molar-refractivity contribution >= 4 is 45.0 Å². The number of amidine groups is 1. The molecule has 2 rings (SSSR count). The number of benzene rings is 1. The molecule has 0 aromatic heterocycles. The molecule has 1 fully saturated rings. The van der Waals surface area contributed by atoms with Crippen LogP contribution in [-0.4, -0.2) is 59.7 Å². The molecule has 1 aliphatic heterocycles. The molecule has 1 saturated heterocycles. The maximum atomic E-state index is 12.3. The Morgan fingerprint density at radius 1 is 1.45 bits per heavy atom. The molecule has 20 heavy (non-hydrogen) atoms. The number of ketones is 1. The normalized spacial score (nSPS) is 16.6. The van der Waals surface area contributed by atoms with Gasteiger partial charge < -0.3 is 4.90 Å². The van der Waals surface area contributed by atoms with Gasteiger partial charge in [-0.05, 0) is 17.1 Å². The fraction of sp³-hybridized carbons (Fsp3) is 0.357. The summed E-state index contributed by atoms with van der Waals surface area (Å²) in [6, 6.07) is 7.47. The number of hydrogen-bond acceptors (Lipinski definition) is 2. The predicted octanol–water partition coefficient (Wildman–Crippen LogP) is 2.34. The van der Waals surface area contributed by atoms with Crippen LogP contribution in [0.1, 0.15) is 10.4 Å². The molecule has 0 saturated carbocycles. The Bertz CT molecular complexity index is 550. The smallest absolute Gasteiger partial charge is 0.284 e. The highest BCUT2D eigenvalue weighted by Crippen LogP contribution is 2.18. The Hall–Kier alpha value is -1.14. The summed E-state index contributed by atoms with van der Waals surface area (Å²) in [4.78, 5) is 18.7. The van der Waals surface area contributed by atoms with Gasteiger partial charge in [0, 0.05) is 22.3 Å². The summed E-state index contributed by atoms with van der Waals surface area (Å²) in [5.74, 6) is 1.10. The molecule has 1 aromatic carbocycles. The van der Waals surface area contributed by atoms with E-state index in [-0.39, 0.29) is 5.78 Å². The highest BCUT2D eigenvalue weighted by molar-refractivity contribution is 9.10. The third-order valence-corrected chi connectivity index (χ3v) is 4.30. The minimum atomic E-state index is 0.123. The summed E-state index contributed by atoms with van der Waals surface area (Å²) < 4.78 is 2.87. The lowest BCUT2D eigenvalue weighted by atomic mass is 10.1. The Balaban J connectivity index is 2.05. The second-order valence-corrected chi connectivity index (χ2v) is 6.67. The van der Waals surface area contributed by atoms with Crippen molar-refractivity contribution in [2.24, 2.45) is 4.99 Å². The summed E-state index contributed by atoms with van der Waals surface area (Å²) >= 11 is 5.06. The van der Waals surface area contributed by atoms with Crippen molar-refractivity contribution in [3.8, 4) is 0 Å². The standard InChI is InChI=1S/C14H17BrN3OS/c1-17(2)10-16-14-18(7-8-20-14)9-13(19)11-3-5-12(15)6-4-11/h3-6,10H,7-9H2,1-2H3/q+1. The topological polar surface area (TPSA) is 35.7 Å². The Labute approximate surface area is 131 Å². The third-order valence-electron chi connectivity index (χ3n) is 2.76. The van der Waals surface area contributed by atoms with Crippen LogP contribution >= 0.6 is 27.7 Å². The van der Waals surface area contributed by atoms with Crippen LogP contribution in [0.5, 0.6) is 0 Å². The van der Waals surface area contributed by atoms with Gasteiger partial charge >= 0.3 is 0 Å². The fourth-order valence-corrected chi connectivity index (χ4v) is 2.98. The first-order valence-corrected chi connectivity index (χ1v) is 8.08. The lowest BCUT2D eigenvalue weighted by Crippen LogP contribution is -2.31. The summed E-state index contributed by atoms with van der Waals surface area (Å²) in [6.45, 7) is 1.25. The third kappa shape index (κ3) is 4.18. The zero-order valence-corrected chi connectivity index (χ0v) is 13.9. The molecule has 1 aromatic rings. The summed E-state index contributed by atoms with van der Waals surface area (Å²) in [6.07, 6.45) is 1.77. The van der Waals surface area contributed by atoms with E-state index in [0.717, 1.165) is 27.5 Å². The van der Waals surface area contributed by atoms with Crippen molar-refractivity contribution in [1.82, 2.24) is 4.90 Å². The van der Waals surface area contributed by atoms with Crippen molar-refractivity contribution in [1.29, 1.82) is 0 Å². The van der Waals surface area contributed by atoms with Gasteiger partial charge in [-0.2, -0.15) is 0 Å².